The summed E-state index contributed by atoms with van der Waals surface area (Å²) in [6.07, 6.45) is 0. The minimum absolute atomic E-state index is 0.308. The van der Waals surface area contributed by atoms with E-state index in [1.165, 1.54) is 18.3 Å². The van der Waals surface area contributed by atoms with Crippen molar-refractivity contribution in [2.75, 3.05) is 0 Å². The average molecular weight is 213 g/mol. The second kappa shape index (κ2) is 4.19. The van der Waals surface area contributed by atoms with Crippen molar-refractivity contribution in [1.29, 1.82) is 0 Å². The summed E-state index contributed by atoms with van der Waals surface area (Å²) >= 11 is 1.30. The van der Waals surface area contributed by atoms with Crippen molar-refractivity contribution in [3.63, 3.8) is 0 Å². The van der Waals surface area contributed by atoms with E-state index < -0.39 is 0 Å². The number of carbonyl (C=O) groups excluding carboxylic acids is 2. The number of hydrogen-bond donors (Lipinski definition) is 2. The molecule has 5 nitrogen and oxygen atoms in total. The minimum Gasteiger partial charge on any atom is -0.274 e. The van der Waals surface area contributed by atoms with Crippen LogP contribution < -0.4 is 10.9 Å². The lowest BCUT2D eigenvalue weighted by atomic mass is 10.4. The van der Waals surface area contributed by atoms with Gasteiger partial charge in [0, 0.05) is 6.92 Å². The fraction of sp³-hybridized carbons (Fsp3) is 0.375. The van der Waals surface area contributed by atoms with Crippen LogP contribution in [0.3, 0.4) is 0 Å². The SMILES string of the molecule is CC(=O)NNC(=O)c1sc(C)nc1C. The van der Waals surface area contributed by atoms with Crippen molar-refractivity contribution in [1.82, 2.24) is 15.8 Å². The zero-order chi connectivity index (χ0) is 10.7. The van der Waals surface area contributed by atoms with E-state index in [1.807, 2.05) is 6.92 Å². The van der Waals surface area contributed by atoms with Gasteiger partial charge in [0.1, 0.15) is 4.88 Å². The third-order valence-electron chi connectivity index (χ3n) is 1.46. The molecular weight excluding hydrogens is 202 g/mol. The van der Waals surface area contributed by atoms with Crippen molar-refractivity contribution in [3.8, 4) is 0 Å². The maximum absolute atomic E-state index is 11.4. The first kappa shape index (κ1) is 10.6. The number of carbonyl (C=O) groups is 2. The standard InChI is InChI=1S/C8H11N3O2S/c1-4-7(14-6(3)9-4)8(13)11-10-5(2)12/h1-3H3,(H,10,12)(H,11,13). The van der Waals surface area contributed by atoms with Crippen LogP contribution in [0.1, 0.15) is 27.3 Å². The Morgan fingerprint density at radius 3 is 2.36 bits per heavy atom. The van der Waals surface area contributed by atoms with E-state index in [0.717, 1.165) is 5.01 Å². The lowest BCUT2D eigenvalue weighted by molar-refractivity contribution is -0.119. The van der Waals surface area contributed by atoms with Crippen LogP contribution in [0.15, 0.2) is 0 Å². The van der Waals surface area contributed by atoms with E-state index in [4.69, 9.17) is 0 Å². The molecule has 76 valence electrons. The first-order valence-corrected chi connectivity index (χ1v) is 4.83. The van der Waals surface area contributed by atoms with Gasteiger partial charge in [0.25, 0.3) is 5.91 Å². The zero-order valence-electron chi connectivity index (χ0n) is 8.17. The molecule has 2 N–H and O–H groups in total. The van der Waals surface area contributed by atoms with Gasteiger partial charge >= 0.3 is 0 Å². The Balaban J connectivity index is 2.69. The predicted octanol–water partition coefficient (Wildman–Crippen LogP) is 0.541. The summed E-state index contributed by atoms with van der Waals surface area (Å²) in [7, 11) is 0. The summed E-state index contributed by atoms with van der Waals surface area (Å²) in [5.41, 5.74) is 5.18. The highest BCUT2D eigenvalue weighted by atomic mass is 32.1. The van der Waals surface area contributed by atoms with Gasteiger partial charge in [-0.1, -0.05) is 0 Å². The van der Waals surface area contributed by atoms with Crippen molar-refractivity contribution in [2.24, 2.45) is 0 Å². The Bertz CT molecular complexity index is 373. The second-order valence-electron chi connectivity index (χ2n) is 2.78. The van der Waals surface area contributed by atoms with E-state index in [2.05, 4.69) is 15.8 Å². The van der Waals surface area contributed by atoms with Gasteiger partial charge in [0.2, 0.25) is 5.91 Å². The second-order valence-corrected chi connectivity index (χ2v) is 3.99. The fourth-order valence-corrected chi connectivity index (χ4v) is 1.76. The van der Waals surface area contributed by atoms with Gasteiger partial charge in [-0.3, -0.25) is 20.4 Å². The summed E-state index contributed by atoms with van der Waals surface area (Å²) in [6.45, 7) is 4.91. The number of aromatic nitrogens is 1. The van der Waals surface area contributed by atoms with Crippen LogP contribution in [0.2, 0.25) is 0 Å². The molecule has 1 aromatic rings. The Labute approximate surface area is 85.5 Å². The van der Waals surface area contributed by atoms with Gasteiger partial charge in [-0.15, -0.1) is 11.3 Å². The molecule has 6 heteroatoms. The topological polar surface area (TPSA) is 71.1 Å². The van der Waals surface area contributed by atoms with Gasteiger partial charge < -0.3 is 0 Å². The number of thiazole rings is 1. The Morgan fingerprint density at radius 1 is 1.29 bits per heavy atom. The Kier molecular flexibility index (Phi) is 3.19. The van der Waals surface area contributed by atoms with Crippen molar-refractivity contribution < 1.29 is 9.59 Å². The number of hydrazine groups is 1. The lowest BCUT2D eigenvalue weighted by Crippen LogP contribution is -2.40. The molecule has 0 spiro atoms. The van der Waals surface area contributed by atoms with Crippen molar-refractivity contribution in [2.45, 2.75) is 20.8 Å². The molecule has 0 atom stereocenters. The summed E-state index contributed by atoms with van der Waals surface area (Å²) in [5, 5.41) is 0.829. The molecule has 0 bridgehead atoms. The van der Waals surface area contributed by atoms with Crippen LogP contribution in [0.5, 0.6) is 0 Å². The molecule has 2 amide bonds. The zero-order valence-corrected chi connectivity index (χ0v) is 8.99. The van der Waals surface area contributed by atoms with E-state index >= 15 is 0 Å². The number of nitrogens with one attached hydrogen (secondary N) is 2. The number of aryl methyl sites for hydroxylation is 2. The summed E-state index contributed by atoms with van der Waals surface area (Å²) in [5.74, 6) is -0.638. The molecule has 0 aromatic carbocycles. The van der Waals surface area contributed by atoms with Crippen LogP contribution in [0.4, 0.5) is 0 Å². The smallest absolute Gasteiger partial charge is 0.274 e. The summed E-state index contributed by atoms with van der Waals surface area (Å²) in [6, 6.07) is 0. The van der Waals surface area contributed by atoms with E-state index in [0.29, 0.717) is 10.6 Å². The number of hydrogen-bond acceptors (Lipinski definition) is 4. The maximum atomic E-state index is 11.4. The van der Waals surface area contributed by atoms with Gasteiger partial charge in [-0.2, -0.15) is 0 Å². The first-order chi connectivity index (χ1) is 6.50. The highest BCUT2D eigenvalue weighted by molar-refractivity contribution is 7.13. The minimum atomic E-state index is -0.330. The maximum Gasteiger partial charge on any atom is 0.281 e. The predicted molar refractivity (Wildman–Crippen MR) is 52.9 cm³/mol. The van der Waals surface area contributed by atoms with Crippen molar-refractivity contribution >= 4 is 23.2 Å². The molecule has 0 saturated carbocycles. The molecule has 1 aromatic heterocycles. The van der Waals surface area contributed by atoms with Gasteiger partial charge in [0.15, 0.2) is 0 Å². The molecule has 14 heavy (non-hydrogen) atoms. The molecule has 0 saturated heterocycles. The molecule has 1 heterocycles. The normalized spacial score (nSPS) is 9.64. The molecule has 1 rings (SSSR count). The number of nitrogens with zero attached hydrogens (tertiary/aromatic N) is 1. The Hall–Kier alpha value is -1.43. The van der Waals surface area contributed by atoms with Crippen LogP contribution in [-0.4, -0.2) is 16.8 Å². The molecule has 0 aliphatic carbocycles. The van der Waals surface area contributed by atoms with E-state index in [-0.39, 0.29) is 11.8 Å². The molecule has 0 unspecified atom stereocenters. The van der Waals surface area contributed by atoms with Gasteiger partial charge in [0.05, 0.1) is 10.7 Å². The van der Waals surface area contributed by atoms with Crippen LogP contribution in [0.25, 0.3) is 0 Å². The molecule has 0 radical (unpaired) electrons. The highest BCUT2D eigenvalue weighted by Gasteiger charge is 2.13. The van der Waals surface area contributed by atoms with Crippen molar-refractivity contribution in [3.05, 3.63) is 15.6 Å². The summed E-state index contributed by atoms with van der Waals surface area (Å²) in [4.78, 5) is 26.6. The third kappa shape index (κ3) is 2.53. The molecule has 0 aliphatic heterocycles. The number of rotatable bonds is 1. The highest BCUT2D eigenvalue weighted by Crippen LogP contribution is 2.16. The molecule has 0 aliphatic rings. The molecule has 0 fully saturated rings. The third-order valence-corrected chi connectivity index (χ3v) is 2.53. The van der Waals surface area contributed by atoms with E-state index in [1.54, 1.807) is 6.92 Å². The largest absolute Gasteiger partial charge is 0.281 e. The van der Waals surface area contributed by atoms with Crippen LogP contribution in [0, 0.1) is 13.8 Å². The fourth-order valence-electron chi connectivity index (χ4n) is 0.944. The first-order valence-electron chi connectivity index (χ1n) is 4.01. The van der Waals surface area contributed by atoms with Gasteiger partial charge in [-0.05, 0) is 13.8 Å². The van der Waals surface area contributed by atoms with E-state index in [9.17, 15) is 9.59 Å². The van der Waals surface area contributed by atoms with Crippen LogP contribution >= 0.6 is 11.3 Å². The summed E-state index contributed by atoms with van der Waals surface area (Å²) < 4.78 is 0. The lowest BCUT2D eigenvalue weighted by Gasteiger charge is -2.02. The molecular formula is C8H11N3O2S. The average Bonchev–Trinajstić information content (AvgIpc) is 2.41. The van der Waals surface area contributed by atoms with Gasteiger partial charge in [-0.25, -0.2) is 4.98 Å². The Morgan fingerprint density at radius 2 is 1.93 bits per heavy atom. The quantitative estimate of drug-likeness (QED) is 0.669. The number of amides is 2. The monoisotopic (exact) mass is 213 g/mol. The van der Waals surface area contributed by atoms with Crippen LogP contribution in [-0.2, 0) is 4.79 Å².